The first-order valence-electron chi connectivity index (χ1n) is 7.92. The lowest BCUT2D eigenvalue weighted by Gasteiger charge is -2.39. The van der Waals surface area contributed by atoms with E-state index in [0.29, 0.717) is 13.0 Å². The van der Waals surface area contributed by atoms with Crippen molar-refractivity contribution >= 4 is 37.5 Å². The molecule has 0 aromatic heterocycles. The smallest absolute Gasteiger partial charge is 0.308 e. The van der Waals surface area contributed by atoms with Crippen LogP contribution in [-0.2, 0) is 14.0 Å². The molecule has 1 unspecified atom stereocenters. The third-order valence-electron chi connectivity index (χ3n) is 4.12. The lowest BCUT2D eigenvalue weighted by atomic mass is 10.1. The molecule has 0 spiro atoms. The highest BCUT2D eigenvalue weighted by Gasteiger charge is 2.39. The summed E-state index contributed by atoms with van der Waals surface area (Å²) in [7, 11) is -2.00. The van der Waals surface area contributed by atoms with Crippen LogP contribution in [0.2, 0.25) is 18.1 Å². The van der Waals surface area contributed by atoms with Gasteiger partial charge in [-0.1, -0.05) is 56.1 Å². The van der Waals surface area contributed by atoms with Gasteiger partial charge in [-0.25, -0.2) is 0 Å². The Morgan fingerprint density at radius 2 is 1.78 bits per heavy atom. The first-order chi connectivity index (χ1) is 10.4. The molecule has 6 heteroatoms. The lowest BCUT2D eigenvalue weighted by molar-refractivity contribution is -0.144. The van der Waals surface area contributed by atoms with Crippen molar-refractivity contribution < 1.29 is 14.0 Å². The Balaban J connectivity index is 5.23. The monoisotopic (exact) mass is 380 g/mol. The van der Waals surface area contributed by atoms with E-state index < -0.39 is 8.32 Å². The second kappa shape index (κ2) is 9.87. The molecule has 0 aliphatic rings. The molecule has 0 bridgehead atoms. The van der Waals surface area contributed by atoms with Gasteiger partial charge in [-0.15, -0.1) is 0 Å². The summed E-state index contributed by atoms with van der Waals surface area (Å²) in [5.41, 5.74) is 0.994. The van der Waals surface area contributed by atoms with Crippen molar-refractivity contribution in [1.29, 1.82) is 0 Å². The quantitative estimate of drug-likeness (QED) is 0.294. The summed E-state index contributed by atoms with van der Waals surface area (Å²) in [5.74, 6) is -0.241. The van der Waals surface area contributed by atoms with Crippen molar-refractivity contribution in [2.75, 3.05) is 6.61 Å². The lowest BCUT2D eigenvalue weighted by Crippen LogP contribution is -2.44. The molecule has 0 amide bonds. The summed E-state index contributed by atoms with van der Waals surface area (Å²) in [6, 6.07) is 0. The van der Waals surface area contributed by atoms with Gasteiger partial charge in [0.1, 0.15) is 4.49 Å². The Bertz CT molecular complexity index is 447. The standard InChI is InChI=1S/C17H30Cl2O3Si/c1-8-21-16(20)12-14(13(2)10-9-11-15(18)19)22-23(6,7)17(3,4)5/h10-11,14H,8-9,12H2,1-7H3/b13-10-. The van der Waals surface area contributed by atoms with Crippen LogP contribution in [0.25, 0.3) is 0 Å². The molecule has 1 atom stereocenters. The number of rotatable bonds is 8. The fourth-order valence-electron chi connectivity index (χ4n) is 1.66. The summed E-state index contributed by atoms with van der Waals surface area (Å²) < 4.78 is 11.7. The van der Waals surface area contributed by atoms with Crippen LogP contribution in [0, 0.1) is 0 Å². The van der Waals surface area contributed by atoms with Crippen LogP contribution in [-0.4, -0.2) is 27.0 Å². The fourth-order valence-corrected chi connectivity index (χ4v) is 3.18. The van der Waals surface area contributed by atoms with E-state index in [1.54, 1.807) is 13.0 Å². The van der Waals surface area contributed by atoms with Gasteiger partial charge in [-0.3, -0.25) is 4.79 Å². The first kappa shape index (κ1) is 22.7. The second-order valence-corrected chi connectivity index (χ2v) is 12.8. The number of halogens is 2. The molecule has 0 aromatic rings. The highest BCUT2D eigenvalue weighted by molar-refractivity contribution is 6.74. The number of esters is 1. The Morgan fingerprint density at radius 3 is 2.22 bits per heavy atom. The van der Waals surface area contributed by atoms with E-state index in [0.717, 1.165) is 5.57 Å². The second-order valence-electron chi connectivity index (χ2n) is 7.05. The minimum Gasteiger partial charge on any atom is -0.466 e. The van der Waals surface area contributed by atoms with Gasteiger partial charge in [-0.2, -0.15) is 0 Å². The molecule has 0 fully saturated rings. The predicted molar refractivity (Wildman–Crippen MR) is 101 cm³/mol. The van der Waals surface area contributed by atoms with Crippen molar-refractivity contribution in [1.82, 2.24) is 0 Å². The number of hydrogen-bond acceptors (Lipinski definition) is 3. The van der Waals surface area contributed by atoms with Gasteiger partial charge in [-0.05, 0) is 44.0 Å². The molecular formula is C17H30Cl2O3Si. The highest BCUT2D eigenvalue weighted by Crippen LogP contribution is 2.38. The van der Waals surface area contributed by atoms with Gasteiger partial charge < -0.3 is 9.16 Å². The van der Waals surface area contributed by atoms with E-state index in [-0.39, 0.29) is 28.0 Å². The third kappa shape index (κ3) is 8.94. The normalized spacial score (nSPS) is 14.4. The van der Waals surface area contributed by atoms with Crippen LogP contribution in [0.5, 0.6) is 0 Å². The van der Waals surface area contributed by atoms with Crippen LogP contribution in [0.1, 0.15) is 47.5 Å². The van der Waals surface area contributed by atoms with Crippen LogP contribution in [0.15, 0.2) is 22.2 Å². The molecular weight excluding hydrogens is 351 g/mol. The summed E-state index contributed by atoms with van der Waals surface area (Å²) in [6.45, 7) is 15.0. The van der Waals surface area contributed by atoms with Crippen molar-refractivity contribution in [2.24, 2.45) is 0 Å². The summed E-state index contributed by atoms with van der Waals surface area (Å²) in [5, 5.41) is 0.0690. The number of hydrogen-bond donors (Lipinski definition) is 0. The molecule has 0 saturated heterocycles. The molecule has 0 N–H and O–H groups in total. The van der Waals surface area contributed by atoms with Crippen molar-refractivity contribution in [3.8, 4) is 0 Å². The van der Waals surface area contributed by atoms with Gasteiger partial charge in [0.25, 0.3) is 0 Å². The van der Waals surface area contributed by atoms with E-state index in [2.05, 4.69) is 33.9 Å². The van der Waals surface area contributed by atoms with E-state index in [9.17, 15) is 4.79 Å². The average molecular weight is 381 g/mol. The first-order valence-corrected chi connectivity index (χ1v) is 11.6. The predicted octanol–water partition coefficient (Wildman–Crippen LogP) is 5.99. The zero-order chi connectivity index (χ0) is 18.3. The Labute approximate surface area is 152 Å². The molecule has 0 heterocycles. The van der Waals surface area contributed by atoms with Gasteiger partial charge in [0.15, 0.2) is 8.32 Å². The molecule has 23 heavy (non-hydrogen) atoms. The number of allylic oxidation sites excluding steroid dienone is 2. The van der Waals surface area contributed by atoms with E-state index in [1.807, 2.05) is 13.0 Å². The maximum Gasteiger partial charge on any atom is 0.308 e. The fraction of sp³-hybridized carbons (Fsp3) is 0.706. The van der Waals surface area contributed by atoms with Crippen molar-refractivity contribution in [3.63, 3.8) is 0 Å². The number of carbonyl (C=O) groups excluding carboxylic acids is 1. The minimum atomic E-state index is -2.00. The molecule has 134 valence electrons. The summed E-state index contributed by atoms with van der Waals surface area (Å²) >= 11 is 11.3. The largest absolute Gasteiger partial charge is 0.466 e. The van der Waals surface area contributed by atoms with Crippen LogP contribution in [0.3, 0.4) is 0 Å². The zero-order valence-electron chi connectivity index (χ0n) is 15.3. The molecule has 0 radical (unpaired) electrons. The van der Waals surface area contributed by atoms with E-state index >= 15 is 0 Å². The average Bonchev–Trinajstić information content (AvgIpc) is 2.35. The van der Waals surface area contributed by atoms with Gasteiger partial charge in [0.05, 0.1) is 19.1 Å². The number of ether oxygens (including phenoxy) is 1. The van der Waals surface area contributed by atoms with Crippen LogP contribution >= 0.6 is 23.2 Å². The summed E-state index contributed by atoms with van der Waals surface area (Å²) in [6.07, 6.45) is 4.25. The molecule has 0 aliphatic carbocycles. The molecule has 0 aromatic carbocycles. The topological polar surface area (TPSA) is 35.5 Å². The van der Waals surface area contributed by atoms with Gasteiger partial charge in [0.2, 0.25) is 0 Å². The molecule has 0 saturated carbocycles. The Kier molecular flexibility index (Phi) is 9.75. The minimum absolute atomic E-state index is 0.0690. The van der Waals surface area contributed by atoms with E-state index in [4.69, 9.17) is 32.4 Å². The Morgan fingerprint density at radius 1 is 1.22 bits per heavy atom. The van der Waals surface area contributed by atoms with E-state index in [1.165, 1.54) is 0 Å². The van der Waals surface area contributed by atoms with Crippen LogP contribution < -0.4 is 0 Å². The maximum absolute atomic E-state index is 11.9. The maximum atomic E-state index is 11.9. The van der Waals surface area contributed by atoms with Gasteiger partial charge in [0, 0.05) is 0 Å². The summed E-state index contributed by atoms with van der Waals surface area (Å²) in [4.78, 5) is 11.9. The SMILES string of the molecule is CCOC(=O)CC(O[Si](C)(C)C(C)(C)C)/C(C)=C\CC=C(Cl)Cl. The Hall–Kier alpha value is -0.293. The van der Waals surface area contributed by atoms with Crippen LogP contribution in [0.4, 0.5) is 0 Å². The molecule has 0 rings (SSSR count). The zero-order valence-corrected chi connectivity index (χ0v) is 17.8. The van der Waals surface area contributed by atoms with Gasteiger partial charge >= 0.3 is 5.97 Å². The molecule has 3 nitrogen and oxygen atoms in total. The highest BCUT2D eigenvalue weighted by atomic mass is 35.5. The van der Waals surface area contributed by atoms with Crippen molar-refractivity contribution in [3.05, 3.63) is 22.2 Å². The number of carbonyl (C=O) groups is 1. The third-order valence-corrected chi connectivity index (χ3v) is 8.92. The molecule has 0 aliphatic heterocycles. The van der Waals surface area contributed by atoms with Crippen molar-refractivity contribution in [2.45, 2.75) is 71.7 Å².